The Hall–Kier alpha value is -2.99. The third-order valence-corrected chi connectivity index (χ3v) is 16.7. The number of carbonyl (C=O) groups excluding carboxylic acids is 5. The summed E-state index contributed by atoms with van der Waals surface area (Å²) in [5.74, 6) is -1.58. The van der Waals surface area contributed by atoms with Gasteiger partial charge in [0.15, 0.2) is 24.5 Å². The van der Waals surface area contributed by atoms with E-state index < -0.39 is 59.9 Å². The molecule has 5 aliphatic carbocycles. The van der Waals surface area contributed by atoms with Crippen molar-refractivity contribution in [2.24, 2.45) is 56.7 Å². The largest absolute Gasteiger partial charge is 0.463 e. The van der Waals surface area contributed by atoms with E-state index in [1.54, 1.807) is 0 Å². The highest BCUT2D eigenvalue weighted by molar-refractivity contribution is 5.84. The van der Waals surface area contributed by atoms with E-state index in [9.17, 15) is 24.3 Å². The molecular weight excluding hydrogens is 718 g/mol. The SMILES string of the molecule is CC(=O)OC[C@@H]1O[C@H](NC(=O)[C@]23CC[C@@H](C)[C@H](C)[C@H]2C2=CC[C@@H]4[C@@]5(C)CC[C@H](O)C(C)(C)C5CC[C@@]4(C)[C@]2(C)CC3)[C@@H](OC(C)=O)[C@H](OC(C)=O)[C@@H]1OC(C)=O. The summed E-state index contributed by atoms with van der Waals surface area (Å²) < 4.78 is 28.6. The van der Waals surface area contributed by atoms with E-state index in [0.717, 1.165) is 44.9 Å². The smallest absolute Gasteiger partial charge is 0.303 e. The number of amides is 1. The summed E-state index contributed by atoms with van der Waals surface area (Å²) in [7, 11) is 0. The van der Waals surface area contributed by atoms with E-state index in [2.05, 4.69) is 59.9 Å². The molecule has 1 aliphatic heterocycles. The molecule has 1 amide bonds. The molecule has 1 heterocycles. The molecule has 314 valence electrons. The van der Waals surface area contributed by atoms with Gasteiger partial charge in [0.1, 0.15) is 12.7 Å². The van der Waals surface area contributed by atoms with Crippen LogP contribution in [-0.4, -0.2) is 78.2 Å². The molecule has 6 aliphatic rings. The quantitative estimate of drug-likeness (QED) is 0.172. The van der Waals surface area contributed by atoms with Crippen molar-refractivity contribution in [3.8, 4) is 0 Å². The molecule has 0 spiro atoms. The zero-order chi connectivity index (χ0) is 41.3. The van der Waals surface area contributed by atoms with Gasteiger partial charge < -0.3 is 34.1 Å². The Balaban J connectivity index is 1.38. The van der Waals surface area contributed by atoms with Crippen molar-refractivity contribution >= 4 is 29.8 Å². The third-order valence-electron chi connectivity index (χ3n) is 16.7. The van der Waals surface area contributed by atoms with Crippen LogP contribution < -0.4 is 5.32 Å². The Bertz CT molecular complexity index is 1620. The highest BCUT2D eigenvalue weighted by Gasteiger charge is 2.69. The fourth-order valence-corrected chi connectivity index (χ4v) is 13.5. The second kappa shape index (κ2) is 15.0. The molecule has 15 atom stereocenters. The van der Waals surface area contributed by atoms with Gasteiger partial charge >= 0.3 is 23.9 Å². The van der Waals surface area contributed by atoms with Crippen LogP contribution in [0.25, 0.3) is 0 Å². The molecule has 1 unspecified atom stereocenters. The maximum absolute atomic E-state index is 15.3. The number of carbonyl (C=O) groups is 5. The zero-order valence-corrected chi connectivity index (χ0v) is 35.5. The van der Waals surface area contributed by atoms with Crippen molar-refractivity contribution in [1.82, 2.24) is 5.32 Å². The van der Waals surface area contributed by atoms with E-state index in [0.29, 0.717) is 30.6 Å². The average Bonchev–Trinajstić information content (AvgIpc) is 3.09. The van der Waals surface area contributed by atoms with Gasteiger partial charge in [0.05, 0.1) is 11.5 Å². The first kappa shape index (κ1) is 42.6. The van der Waals surface area contributed by atoms with Gasteiger partial charge in [-0.2, -0.15) is 0 Å². The lowest BCUT2D eigenvalue weighted by molar-refractivity contribution is -0.258. The summed E-state index contributed by atoms with van der Waals surface area (Å²) >= 11 is 0. The van der Waals surface area contributed by atoms with Crippen LogP contribution in [0.15, 0.2) is 11.6 Å². The number of esters is 4. The molecule has 0 aromatic rings. The van der Waals surface area contributed by atoms with Crippen molar-refractivity contribution in [2.45, 2.75) is 171 Å². The standard InChI is InChI=1S/C44H67NO11/c1-23-14-19-44(39(51)45-38-37(55-28(6)49)36(54-27(5)48)35(53-26(4)47)30(56-38)22-52-25(3)46)21-20-42(10)29(34(44)24(23)2)12-13-32-41(9)17-16-33(50)40(7,8)31(41)15-18-43(32,42)11/h12,23-24,30-38,50H,13-22H2,1-11H3,(H,45,51)/t23-,24+,30+,31?,32-,33+,34+,35-,36-,37+,38+,41+,42-,43-,44+/m1/s1. The molecule has 2 N–H and O–H groups in total. The number of fused-ring (bicyclic) bond motifs is 7. The van der Waals surface area contributed by atoms with Crippen molar-refractivity contribution in [2.75, 3.05) is 6.61 Å². The zero-order valence-electron chi connectivity index (χ0n) is 35.5. The number of aliphatic hydroxyl groups excluding tert-OH is 1. The van der Waals surface area contributed by atoms with Crippen LogP contribution in [0, 0.1) is 56.7 Å². The first-order valence-electron chi connectivity index (χ1n) is 21.0. The number of ether oxygens (including phenoxy) is 5. The summed E-state index contributed by atoms with van der Waals surface area (Å²) in [5.41, 5.74) is 0.393. The lowest BCUT2D eigenvalue weighted by Gasteiger charge is -2.71. The molecule has 1 saturated heterocycles. The fourth-order valence-electron chi connectivity index (χ4n) is 13.5. The number of rotatable bonds is 7. The average molecular weight is 786 g/mol. The van der Waals surface area contributed by atoms with Gasteiger partial charge in [-0.3, -0.25) is 24.0 Å². The third kappa shape index (κ3) is 6.80. The lowest BCUT2D eigenvalue weighted by Crippen LogP contribution is -2.69. The maximum atomic E-state index is 15.3. The monoisotopic (exact) mass is 785 g/mol. The Morgan fingerprint density at radius 1 is 0.768 bits per heavy atom. The van der Waals surface area contributed by atoms with Crippen LogP contribution in [0.3, 0.4) is 0 Å². The van der Waals surface area contributed by atoms with Crippen molar-refractivity contribution in [1.29, 1.82) is 0 Å². The predicted molar refractivity (Wildman–Crippen MR) is 205 cm³/mol. The van der Waals surface area contributed by atoms with Crippen LogP contribution in [0.4, 0.5) is 0 Å². The summed E-state index contributed by atoms with van der Waals surface area (Å²) in [4.78, 5) is 64.6. The van der Waals surface area contributed by atoms with Crippen LogP contribution in [0.2, 0.25) is 0 Å². The first-order valence-corrected chi connectivity index (χ1v) is 21.0. The number of hydrogen-bond donors (Lipinski definition) is 2. The Morgan fingerprint density at radius 2 is 1.39 bits per heavy atom. The molecule has 0 radical (unpaired) electrons. The first-order chi connectivity index (χ1) is 26.0. The number of aliphatic hydroxyl groups is 1. The maximum Gasteiger partial charge on any atom is 0.303 e. The molecule has 0 aromatic heterocycles. The Labute approximate surface area is 332 Å². The van der Waals surface area contributed by atoms with Crippen molar-refractivity contribution in [3.05, 3.63) is 11.6 Å². The van der Waals surface area contributed by atoms with Crippen LogP contribution >= 0.6 is 0 Å². The highest BCUT2D eigenvalue weighted by Crippen LogP contribution is 2.75. The van der Waals surface area contributed by atoms with Gasteiger partial charge in [-0.15, -0.1) is 0 Å². The summed E-state index contributed by atoms with van der Waals surface area (Å²) in [6.07, 6.45) is 3.64. The molecule has 6 rings (SSSR count). The Morgan fingerprint density at radius 3 is 2.02 bits per heavy atom. The fraction of sp³-hybridized carbons (Fsp3) is 0.841. The van der Waals surface area contributed by atoms with Gasteiger partial charge in [0.2, 0.25) is 5.91 Å². The molecule has 0 aromatic carbocycles. The topological polar surface area (TPSA) is 164 Å². The van der Waals surface area contributed by atoms with Crippen molar-refractivity contribution in [3.63, 3.8) is 0 Å². The van der Waals surface area contributed by atoms with Crippen molar-refractivity contribution < 1.29 is 52.8 Å². The number of allylic oxidation sites excluding steroid dienone is 2. The van der Waals surface area contributed by atoms with E-state index in [4.69, 9.17) is 23.7 Å². The summed E-state index contributed by atoms with van der Waals surface area (Å²) in [5, 5.41) is 14.3. The minimum absolute atomic E-state index is 0.00353. The van der Waals surface area contributed by atoms with Crippen LogP contribution in [-0.2, 0) is 47.7 Å². The van der Waals surface area contributed by atoms with E-state index in [1.165, 1.54) is 33.3 Å². The minimum atomic E-state index is -1.37. The van der Waals surface area contributed by atoms with Gasteiger partial charge in [0, 0.05) is 27.7 Å². The second-order valence-electron chi connectivity index (χ2n) is 19.8. The molecule has 56 heavy (non-hydrogen) atoms. The predicted octanol–water partition coefficient (Wildman–Crippen LogP) is 6.20. The van der Waals surface area contributed by atoms with E-state index in [1.807, 2.05) is 0 Å². The van der Waals surface area contributed by atoms with Gasteiger partial charge in [-0.05, 0) is 109 Å². The number of hydrogen-bond acceptors (Lipinski definition) is 11. The Kier molecular flexibility index (Phi) is 11.4. The van der Waals surface area contributed by atoms with Crippen LogP contribution in [0.1, 0.15) is 134 Å². The van der Waals surface area contributed by atoms with E-state index in [-0.39, 0.29) is 52.1 Å². The van der Waals surface area contributed by atoms with Gasteiger partial charge in [0.25, 0.3) is 0 Å². The highest BCUT2D eigenvalue weighted by atomic mass is 16.7. The summed E-state index contributed by atoms with van der Waals surface area (Å²) in [6.45, 7) is 21.0. The summed E-state index contributed by atoms with van der Waals surface area (Å²) in [6, 6.07) is 0. The second-order valence-corrected chi connectivity index (χ2v) is 19.8. The molecule has 4 saturated carbocycles. The number of nitrogens with one attached hydrogen (secondary N) is 1. The van der Waals surface area contributed by atoms with Crippen LogP contribution in [0.5, 0.6) is 0 Å². The molecule has 5 fully saturated rings. The normalized spacial score (nSPS) is 45.2. The van der Waals surface area contributed by atoms with E-state index >= 15 is 4.79 Å². The molecule has 0 bridgehead atoms. The minimum Gasteiger partial charge on any atom is -0.463 e. The van der Waals surface area contributed by atoms with Gasteiger partial charge in [-0.25, -0.2) is 0 Å². The molecular formula is C44H67NO11. The molecule has 12 nitrogen and oxygen atoms in total. The molecule has 12 heteroatoms. The lowest BCUT2D eigenvalue weighted by atomic mass is 9.33. The van der Waals surface area contributed by atoms with Gasteiger partial charge in [-0.1, -0.05) is 60.1 Å².